The van der Waals surface area contributed by atoms with Crippen molar-refractivity contribution in [2.75, 3.05) is 52.6 Å². The number of hydrogen-bond donors (Lipinski definition) is 2. The Kier molecular flexibility index (Phi) is 4.58. The maximum Gasteiger partial charge on any atom is 0.283 e. The Balaban J connectivity index is 2.23. The van der Waals surface area contributed by atoms with Crippen LogP contribution in [0.2, 0.25) is 0 Å². The van der Waals surface area contributed by atoms with Crippen LogP contribution in [0.4, 0.5) is 0 Å². The fourth-order valence-electron chi connectivity index (χ4n) is 2.18. The molecule has 2 heterocycles. The van der Waals surface area contributed by atoms with Crippen molar-refractivity contribution < 1.29 is 19.2 Å². The molecule has 0 unspecified atom stereocenters. The first-order valence-corrected chi connectivity index (χ1v) is 7.55. The van der Waals surface area contributed by atoms with Crippen LogP contribution in [0.15, 0.2) is 5.16 Å². The zero-order valence-corrected chi connectivity index (χ0v) is 11.1. The van der Waals surface area contributed by atoms with Crippen LogP contribution in [0.25, 0.3) is 0 Å². The average molecular weight is 278 g/mol. The third-order valence-corrected chi connectivity index (χ3v) is 6.16. The molecule has 0 atom stereocenters. The standard InChI is InChI=1S/C9H19N4O4P/c10-9(11-14)18(15,12-1-5-16-6-2-12)13-3-7-17-8-4-13/h14H,1-8H2,(H2,10,11). The van der Waals surface area contributed by atoms with Gasteiger partial charge in [0.05, 0.1) is 26.4 Å². The van der Waals surface area contributed by atoms with Gasteiger partial charge in [-0.1, -0.05) is 5.16 Å². The molecule has 2 rings (SSSR count). The van der Waals surface area contributed by atoms with E-state index in [1.54, 1.807) is 9.34 Å². The largest absolute Gasteiger partial charge is 0.409 e. The van der Waals surface area contributed by atoms with Gasteiger partial charge in [-0.3, -0.25) is 4.57 Å². The molecule has 0 aromatic rings. The minimum atomic E-state index is -3.18. The minimum Gasteiger partial charge on any atom is -0.409 e. The number of ether oxygens (including phenoxy) is 2. The molecule has 0 aromatic carbocycles. The summed E-state index contributed by atoms with van der Waals surface area (Å²) in [6.45, 7) is 4.10. The molecule has 9 heteroatoms. The van der Waals surface area contributed by atoms with E-state index in [1.165, 1.54) is 0 Å². The molecule has 2 aliphatic rings. The summed E-state index contributed by atoms with van der Waals surface area (Å²) in [5.74, 6) is 0. The summed E-state index contributed by atoms with van der Waals surface area (Å²) >= 11 is 0. The van der Waals surface area contributed by atoms with E-state index in [2.05, 4.69) is 5.16 Å². The first-order valence-electron chi connectivity index (χ1n) is 5.94. The van der Waals surface area contributed by atoms with Crippen LogP contribution in [0, 0.1) is 0 Å². The van der Waals surface area contributed by atoms with Gasteiger partial charge in [0.2, 0.25) is 5.58 Å². The van der Waals surface area contributed by atoms with Crippen LogP contribution in [0.5, 0.6) is 0 Å². The van der Waals surface area contributed by atoms with Crippen LogP contribution in [0.1, 0.15) is 0 Å². The molecule has 2 fully saturated rings. The second-order valence-corrected chi connectivity index (χ2v) is 6.81. The van der Waals surface area contributed by atoms with Gasteiger partial charge in [-0.2, -0.15) is 0 Å². The molecule has 0 spiro atoms. The second-order valence-electron chi connectivity index (χ2n) is 4.13. The molecular formula is C9H19N4O4P. The monoisotopic (exact) mass is 278 g/mol. The number of morpholine rings is 2. The summed E-state index contributed by atoms with van der Waals surface area (Å²) in [5, 5.41) is 11.9. The fourth-order valence-corrected chi connectivity index (χ4v) is 4.64. The highest BCUT2D eigenvalue weighted by Crippen LogP contribution is 2.53. The van der Waals surface area contributed by atoms with Crippen LogP contribution >= 0.6 is 7.44 Å². The molecule has 104 valence electrons. The minimum absolute atomic E-state index is 0.216. The van der Waals surface area contributed by atoms with Crippen molar-refractivity contribution in [3.8, 4) is 0 Å². The smallest absolute Gasteiger partial charge is 0.283 e. The average Bonchev–Trinajstić information content (AvgIpc) is 2.47. The highest BCUT2D eigenvalue weighted by atomic mass is 31.2. The molecule has 2 saturated heterocycles. The van der Waals surface area contributed by atoms with Crippen molar-refractivity contribution >= 4 is 13.0 Å². The van der Waals surface area contributed by atoms with E-state index in [-0.39, 0.29) is 5.58 Å². The summed E-state index contributed by atoms with van der Waals surface area (Å²) in [6, 6.07) is 0. The van der Waals surface area contributed by atoms with E-state index in [0.29, 0.717) is 52.6 Å². The Morgan fingerprint density at radius 1 is 1.06 bits per heavy atom. The Hall–Kier alpha value is -0.660. The van der Waals surface area contributed by atoms with Crippen LogP contribution < -0.4 is 5.73 Å². The maximum absolute atomic E-state index is 13.2. The van der Waals surface area contributed by atoms with Crippen molar-refractivity contribution in [3.63, 3.8) is 0 Å². The number of amidine groups is 1. The van der Waals surface area contributed by atoms with E-state index in [0.717, 1.165) is 0 Å². The van der Waals surface area contributed by atoms with E-state index >= 15 is 0 Å². The molecule has 2 aliphatic heterocycles. The van der Waals surface area contributed by atoms with Gasteiger partial charge in [0.15, 0.2) is 0 Å². The normalized spacial score (nSPS) is 25.2. The Morgan fingerprint density at radius 2 is 1.44 bits per heavy atom. The van der Waals surface area contributed by atoms with Gasteiger partial charge >= 0.3 is 0 Å². The zero-order chi connectivity index (χ0) is 13.0. The lowest BCUT2D eigenvalue weighted by Crippen LogP contribution is -2.46. The van der Waals surface area contributed by atoms with Crippen LogP contribution in [-0.4, -0.2) is 72.7 Å². The maximum atomic E-state index is 13.2. The molecule has 18 heavy (non-hydrogen) atoms. The van der Waals surface area contributed by atoms with E-state index in [9.17, 15) is 4.57 Å². The van der Waals surface area contributed by atoms with Crippen LogP contribution in [-0.2, 0) is 14.0 Å². The lowest BCUT2D eigenvalue weighted by atomic mass is 10.5. The predicted octanol–water partition coefficient (Wildman–Crippen LogP) is -0.452. The van der Waals surface area contributed by atoms with Gasteiger partial charge in [0.1, 0.15) is 0 Å². The first-order chi connectivity index (χ1) is 8.69. The van der Waals surface area contributed by atoms with Gasteiger partial charge in [-0.05, 0) is 0 Å². The Labute approximate surface area is 106 Å². The van der Waals surface area contributed by atoms with Crippen molar-refractivity contribution in [1.29, 1.82) is 0 Å². The van der Waals surface area contributed by atoms with E-state index < -0.39 is 7.44 Å². The quantitative estimate of drug-likeness (QED) is 0.237. The van der Waals surface area contributed by atoms with Crippen molar-refractivity contribution in [2.45, 2.75) is 0 Å². The third kappa shape index (κ3) is 2.53. The summed E-state index contributed by atoms with van der Waals surface area (Å²) in [6.07, 6.45) is 0. The van der Waals surface area contributed by atoms with Crippen LogP contribution in [0.3, 0.4) is 0 Å². The van der Waals surface area contributed by atoms with Gasteiger partial charge in [0.25, 0.3) is 7.44 Å². The molecule has 0 saturated carbocycles. The number of hydrogen-bond acceptors (Lipinski definition) is 5. The highest BCUT2D eigenvalue weighted by molar-refractivity contribution is 7.76. The number of nitrogens with zero attached hydrogens (tertiary/aromatic N) is 3. The molecule has 0 aromatic heterocycles. The van der Waals surface area contributed by atoms with Crippen molar-refractivity contribution in [2.24, 2.45) is 10.9 Å². The van der Waals surface area contributed by atoms with E-state index in [1.807, 2.05) is 0 Å². The Morgan fingerprint density at radius 3 is 1.78 bits per heavy atom. The predicted molar refractivity (Wildman–Crippen MR) is 65.8 cm³/mol. The van der Waals surface area contributed by atoms with E-state index in [4.69, 9.17) is 20.4 Å². The molecule has 0 radical (unpaired) electrons. The zero-order valence-electron chi connectivity index (χ0n) is 10.2. The number of rotatable bonds is 3. The second kappa shape index (κ2) is 5.99. The fraction of sp³-hybridized carbons (Fsp3) is 0.889. The summed E-state index contributed by atoms with van der Waals surface area (Å²) in [4.78, 5) is 0. The molecule has 0 amide bonds. The third-order valence-electron chi connectivity index (χ3n) is 3.14. The molecule has 8 nitrogen and oxygen atoms in total. The SMILES string of the molecule is N/C(=N/O)P(=O)(N1CCOCC1)N1CCOCC1. The number of nitrogens with two attached hydrogens (primary N) is 1. The summed E-state index contributed by atoms with van der Waals surface area (Å²) in [7, 11) is -3.18. The van der Waals surface area contributed by atoms with Gasteiger partial charge in [0, 0.05) is 26.2 Å². The van der Waals surface area contributed by atoms with Crippen molar-refractivity contribution in [1.82, 2.24) is 9.34 Å². The number of oxime groups is 1. The van der Waals surface area contributed by atoms with Crippen molar-refractivity contribution in [3.05, 3.63) is 0 Å². The van der Waals surface area contributed by atoms with Gasteiger partial charge < -0.3 is 20.4 Å². The highest BCUT2D eigenvalue weighted by Gasteiger charge is 2.42. The molecule has 0 bridgehead atoms. The van der Waals surface area contributed by atoms with Gasteiger partial charge in [-0.15, -0.1) is 0 Å². The summed E-state index contributed by atoms with van der Waals surface area (Å²) in [5.41, 5.74) is 5.47. The van der Waals surface area contributed by atoms with Gasteiger partial charge in [-0.25, -0.2) is 9.34 Å². The first kappa shape index (κ1) is 13.8. The summed E-state index contributed by atoms with van der Waals surface area (Å²) < 4.78 is 27.2. The Bertz CT molecular complexity index is 330. The lowest BCUT2D eigenvalue weighted by Gasteiger charge is -2.41. The molecular weight excluding hydrogens is 259 g/mol. The topological polar surface area (TPSA) is 101 Å². The lowest BCUT2D eigenvalue weighted by molar-refractivity contribution is 0.0541. The molecule has 3 N–H and O–H groups in total. The molecule has 0 aliphatic carbocycles.